The SMILES string of the molecule is O=c1cc(COC2CCCCO2)occ1OCCCCCSc1ccc(Cl)c(Cl)c1. The molecule has 1 aliphatic heterocycles. The third-order valence-corrected chi connectivity index (χ3v) is 6.43. The van der Waals surface area contributed by atoms with Gasteiger partial charge in [-0.2, -0.15) is 0 Å². The molecule has 8 heteroatoms. The van der Waals surface area contributed by atoms with E-state index in [0.29, 0.717) is 22.4 Å². The van der Waals surface area contributed by atoms with Gasteiger partial charge in [0.2, 0.25) is 11.2 Å². The highest BCUT2D eigenvalue weighted by molar-refractivity contribution is 7.99. The Morgan fingerprint density at radius 3 is 2.77 bits per heavy atom. The third-order valence-electron chi connectivity index (χ3n) is 4.61. The zero-order chi connectivity index (χ0) is 21.2. The van der Waals surface area contributed by atoms with Gasteiger partial charge in [-0.25, -0.2) is 0 Å². The minimum absolute atomic E-state index is 0.195. The van der Waals surface area contributed by atoms with Crippen molar-refractivity contribution in [1.29, 1.82) is 0 Å². The number of hydrogen-bond acceptors (Lipinski definition) is 6. The Morgan fingerprint density at radius 1 is 1.10 bits per heavy atom. The van der Waals surface area contributed by atoms with Crippen LogP contribution >= 0.6 is 35.0 Å². The molecule has 0 aliphatic carbocycles. The number of unbranched alkanes of at least 4 members (excludes halogenated alkanes) is 2. The van der Waals surface area contributed by atoms with Crippen LogP contribution in [0, 0.1) is 0 Å². The van der Waals surface area contributed by atoms with E-state index in [1.165, 1.54) is 12.3 Å². The lowest BCUT2D eigenvalue weighted by atomic mass is 10.2. The molecule has 1 fully saturated rings. The topological polar surface area (TPSA) is 57.9 Å². The van der Waals surface area contributed by atoms with E-state index >= 15 is 0 Å². The molecule has 0 N–H and O–H groups in total. The third kappa shape index (κ3) is 7.82. The fraction of sp³-hybridized carbons (Fsp3) is 0.500. The summed E-state index contributed by atoms with van der Waals surface area (Å²) < 4.78 is 22.2. The van der Waals surface area contributed by atoms with Crippen molar-refractivity contribution in [1.82, 2.24) is 0 Å². The predicted molar refractivity (Wildman–Crippen MR) is 120 cm³/mol. The minimum atomic E-state index is -0.213. The van der Waals surface area contributed by atoms with E-state index in [0.717, 1.165) is 55.8 Å². The summed E-state index contributed by atoms with van der Waals surface area (Å²) in [5, 5.41) is 1.15. The van der Waals surface area contributed by atoms with E-state index in [-0.39, 0.29) is 24.1 Å². The van der Waals surface area contributed by atoms with Crippen LogP contribution in [0.15, 0.2) is 44.6 Å². The molecule has 1 aliphatic rings. The summed E-state index contributed by atoms with van der Waals surface area (Å²) in [6.45, 7) is 1.42. The highest BCUT2D eigenvalue weighted by atomic mass is 35.5. The number of benzene rings is 1. The Hall–Kier alpha value is -1.18. The Kier molecular flexibility index (Phi) is 9.88. The van der Waals surface area contributed by atoms with Crippen LogP contribution in [0.1, 0.15) is 44.3 Å². The molecule has 2 heterocycles. The maximum absolute atomic E-state index is 12.2. The van der Waals surface area contributed by atoms with Crippen LogP contribution in [0.25, 0.3) is 0 Å². The van der Waals surface area contributed by atoms with Crippen molar-refractivity contribution < 1.29 is 18.6 Å². The standard InChI is InChI=1S/C22H26Cl2O5S/c23-18-8-7-17(13-19(18)24)30-11-5-1-3-9-26-21-15-28-16(12-20(21)25)14-29-22-6-2-4-10-27-22/h7-8,12-13,15,22H,1-6,9-11,14H2. The summed E-state index contributed by atoms with van der Waals surface area (Å²) in [6, 6.07) is 7.09. The van der Waals surface area contributed by atoms with E-state index in [4.69, 9.17) is 41.8 Å². The fourth-order valence-corrected chi connectivity index (χ4v) is 4.27. The summed E-state index contributed by atoms with van der Waals surface area (Å²) in [5.74, 6) is 1.69. The van der Waals surface area contributed by atoms with E-state index in [9.17, 15) is 4.79 Å². The van der Waals surface area contributed by atoms with Gasteiger partial charge in [-0.1, -0.05) is 23.2 Å². The van der Waals surface area contributed by atoms with Crippen LogP contribution in [0.4, 0.5) is 0 Å². The van der Waals surface area contributed by atoms with Crippen LogP contribution < -0.4 is 10.2 Å². The van der Waals surface area contributed by atoms with Gasteiger partial charge in [0.25, 0.3) is 0 Å². The first kappa shape index (κ1) is 23.5. The molecule has 2 aromatic rings. The molecule has 1 aromatic heterocycles. The number of hydrogen-bond donors (Lipinski definition) is 0. The summed E-state index contributed by atoms with van der Waals surface area (Å²) >= 11 is 13.7. The molecule has 0 radical (unpaired) electrons. The summed E-state index contributed by atoms with van der Waals surface area (Å²) in [6.07, 6.45) is 7.10. The van der Waals surface area contributed by atoms with Crippen molar-refractivity contribution in [2.24, 2.45) is 0 Å². The molecule has 1 aromatic carbocycles. The van der Waals surface area contributed by atoms with Gasteiger partial charge >= 0.3 is 0 Å². The summed E-state index contributed by atoms with van der Waals surface area (Å²) in [4.78, 5) is 13.3. The maximum Gasteiger partial charge on any atom is 0.227 e. The van der Waals surface area contributed by atoms with Gasteiger partial charge in [-0.15, -0.1) is 11.8 Å². The highest BCUT2D eigenvalue weighted by Gasteiger charge is 2.15. The number of ether oxygens (including phenoxy) is 3. The number of halogens is 2. The van der Waals surface area contributed by atoms with Crippen molar-refractivity contribution in [3.8, 4) is 5.75 Å². The van der Waals surface area contributed by atoms with Gasteiger partial charge < -0.3 is 18.6 Å². The van der Waals surface area contributed by atoms with Crippen molar-refractivity contribution in [3.05, 3.63) is 56.6 Å². The second-order valence-corrected chi connectivity index (χ2v) is 9.00. The van der Waals surface area contributed by atoms with Crippen molar-refractivity contribution in [2.75, 3.05) is 19.0 Å². The Bertz CT molecular complexity index is 852. The monoisotopic (exact) mass is 472 g/mol. The van der Waals surface area contributed by atoms with Crippen molar-refractivity contribution in [3.63, 3.8) is 0 Å². The maximum atomic E-state index is 12.2. The molecule has 1 unspecified atom stereocenters. The lowest BCUT2D eigenvalue weighted by molar-refractivity contribution is -0.171. The lowest BCUT2D eigenvalue weighted by Crippen LogP contribution is -2.22. The van der Waals surface area contributed by atoms with Crippen LogP contribution in [-0.2, 0) is 16.1 Å². The normalized spacial score (nSPS) is 16.5. The van der Waals surface area contributed by atoms with Crippen LogP contribution in [0.5, 0.6) is 5.75 Å². The number of thioether (sulfide) groups is 1. The van der Waals surface area contributed by atoms with Gasteiger partial charge in [0.05, 0.1) is 16.7 Å². The van der Waals surface area contributed by atoms with Crippen molar-refractivity contribution in [2.45, 2.75) is 56.3 Å². The minimum Gasteiger partial charge on any atom is -0.487 e. The molecule has 0 bridgehead atoms. The predicted octanol–water partition coefficient (Wildman–Crippen LogP) is 6.33. The molecule has 0 amide bonds. The average Bonchev–Trinajstić information content (AvgIpc) is 2.76. The average molecular weight is 473 g/mol. The van der Waals surface area contributed by atoms with Gasteiger partial charge in [0.15, 0.2) is 6.29 Å². The first-order valence-electron chi connectivity index (χ1n) is 10.2. The van der Waals surface area contributed by atoms with Crippen LogP contribution in [0.3, 0.4) is 0 Å². The smallest absolute Gasteiger partial charge is 0.227 e. The van der Waals surface area contributed by atoms with Gasteiger partial charge in [-0.3, -0.25) is 4.79 Å². The molecule has 0 spiro atoms. The Morgan fingerprint density at radius 2 is 2.00 bits per heavy atom. The van der Waals surface area contributed by atoms with Crippen LogP contribution in [-0.4, -0.2) is 25.3 Å². The van der Waals surface area contributed by atoms with E-state index < -0.39 is 0 Å². The quantitative estimate of drug-likeness (QED) is 0.281. The summed E-state index contributed by atoms with van der Waals surface area (Å²) in [5.41, 5.74) is -0.195. The molecule has 164 valence electrons. The summed E-state index contributed by atoms with van der Waals surface area (Å²) in [7, 11) is 0. The molecule has 30 heavy (non-hydrogen) atoms. The second-order valence-electron chi connectivity index (χ2n) is 7.02. The lowest BCUT2D eigenvalue weighted by Gasteiger charge is -2.22. The largest absolute Gasteiger partial charge is 0.487 e. The molecular weight excluding hydrogens is 447 g/mol. The van der Waals surface area contributed by atoms with E-state index in [2.05, 4.69) is 0 Å². The van der Waals surface area contributed by atoms with Crippen molar-refractivity contribution >= 4 is 35.0 Å². The number of rotatable bonds is 11. The Balaban J connectivity index is 1.29. The first-order chi connectivity index (χ1) is 14.6. The fourth-order valence-electron chi connectivity index (χ4n) is 2.96. The molecule has 5 nitrogen and oxygen atoms in total. The zero-order valence-corrected chi connectivity index (χ0v) is 19.1. The van der Waals surface area contributed by atoms with Gasteiger partial charge in [-0.05, 0) is 62.5 Å². The molecular formula is C22H26Cl2O5S. The molecule has 1 saturated heterocycles. The first-order valence-corrected chi connectivity index (χ1v) is 11.9. The van der Waals surface area contributed by atoms with E-state index in [1.54, 1.807) is 11.8 Å². The van der Waals surface area contributed by atoms with Crippen LogP contribution in [0.2, 0.25) is 10.0 Å². The molecule has 0 saturated carbocycles. The van der Waals surface area contributed by atoms with Gasteiger partial charge in [0, 0.05) is 17.6 Å². The second kappa shape index (κ2) is 12.6. The zero-order valence-electron chi connectivity index (χ0n) is 16.7. The highest BCUT2D eigenvalue weighted by Crippen LogP contribution is 2.28. The Labute approximate surface area is 191 Å². The molecule has 1 atom stereocenters. The van der Waals surface area contributed by atoms with Gasteiger partial charge in [0.1, 0.15) is 18.6 Å². The molecule has 3 rings (SSSR count). The van der Waals surface area contributed by atoms with E-state index in [1.807, 2.05) is 18.2 Å².